The standard InChI is InChI=1S/C8H14O2/c1-8(10)6-4-2-3-5-7-9/h8-10H,3,5-7H2,1H3. The molecular weight excluding hydrogens is 128 g/mol. The monoisotopic (exact) mass is 142 g/mol. The highest BCUT2D eigenvalue weighted by atomic mass is 16.3. The summed E-state index contributed by atoms with van der Waals surface area (Å²) >= 11 is 0. The number of rotatable bonds is 3. The van der Waals surface area contributed by atoms with Gasteiger partial charge in [-0.2, -0.15) is 0 Å². The lowest BCUT2D eigenvalue weighted by atomic mass is 10.2. The van der Waals surface area contributed by atoms with E-state index in [1.807, 2.05) is 0 Å². The first kappa shape index (κ1) is 9.48. The Hall–Kier alpha value is -0.520. The molecule has 0 aromatic carbocycles. The SMILES string of the molecule is CC(O)CC#CCCCO. The molecule has 10 heavy (non-hydrogen) atoms. The molecule has 0 amide bonds. The third-order valence-corrected chi connectivity index (χ3v) is 0.982. The van der Waals surface area contributed by atoms with E-state index >= 15 is 0 Å². The lowest BCUT2D eigenvalue weighted by molar-refractivity contribution is 0.201. The van der Waals surface area contributed by atoms with Crippen LogP contribution in [0.4, 0.5) is 0 Å². The molecule has 0 rings (SSSR count). The largest absolute Gasteiger partial charge is 0.396 e. The molecule has 0 aliphatic heterocycles. The summed E-state index contributed by atoms with van der Waals surface area (Å²) in [6.07, 6.45) is 1.66. The van der Waals surface area contributed by atoms with Crippen molar-refractivity contribution in [1.29, 1.82) is 0 Å². The van der Waals surface area contributed by atoms with E-state index in [1.165, 1.54) is 0 Å². The molecule has 0 aromatic rings. The van der Waals surface area contributed by atoms with Crippen molar-refractivity contribution in [3.63, 3.8) is 0 Å². The summed E-state index contributed by atoms with van der Waals surface area (Å²) in [5.74, 6) is 5.66. The molecule has 2 nitrogen and oxygen atoms in total. The minimum absolute atomic E-state index is 0.198. The summed E-state index contributed by atoms with van der Waals surface area (Å²) in [5.41, 5.74) is 0. The molecule has 0 aliphatic carbocycles. The molecule has 2 N–H and O–H groups in total. The number of aliphatic hydroxyl groups excluding tert-OH is 2. The third-order valence-electron chi connectivity index (χ3n) is 0.982. The second-order valence-corrected chi connectivity index (χ2v) is 2.23. The molecule has 0 radical (unpaired) electrons. The average Bonchev–Trinajstić information content (AvgIpc) is 1.87. The predicted octanol–water partition coefficient (Wildman–Crippen LogP) is 0.533. The van der Waals surface area contributed by atoms with Crippen LogP contribution in [0, 0.1) is 11.8 Å². The second-order valence-electron chi connectivity index (χ2n) is 2.23. The zero-order valence-corrected chi connectivity index (χ0v) is 6.30. The lowest BCUT2D eigenvalue weighted by Crippen LogP contribution is -1.95. The van der Waals surface area contributed by atoms with Crippen molar-refractivity contribution in [2.24, 2.45) is 0 Å². The zero-order chi connectivity index (χ0) is 7.82. The van der Waals surface area contributed by atoms with Gasteiger partial charge in [-0.05, 0) is 13.3 Å². The molecule has 0 fully saturated rings. The van der Waals surface area contributed by atoms with Gasteiger partial charge in [-0.15, -0.1) is 11.8 Å². The van der Waals surface area contributed by atoms with Gasteiger partial charge in [0.1, 0.15) is 0 Å². The highest BCUT2D eigenvalue weighted by molar-refractivity contribution is 4.99. The maximum absolute atomic E-state index is 8.76. The maximum Gasteiger partial charge on any atom is 0.0621 e. The number of aliphatic hydroxyl groups is 2. The molecule has 0 saturated carbocycles. The van der Waals surface area contributed by atoms with Crippen LogP contribution in [0.5, 0.6) is 0 Å². The van der Waals surface area contributed by atoms with Crippen LogP contribution < -0.4 is 0 Å². The Morgan fingerprint density at radius 3 is 2.60 bits per heavy atom. The maximum atomic E-state index is 8.76. The van der Waals surface area contributed by atoms with Crippen molar-refractivity contribution in [1.82, 2.24) is 0 Å². The molecule has 0 heterocycles. The van der Waals surface area contributed by atoms with E-state index in [-0.39, 0.29) is 12.7 Å². The summed E-state index contributed by atoms with van der Waals surface area (Å²) < 4.78 is 0. The highest BCUT2D eigenvalue weighted by Crippen LogP contribution is 1.87. The average molecular weight is 142 g/mol. The van der Waals surface area contributed by atoms with Gasteiger partial charge in [-0.1, -0.05) is 0 Å². The molecule has 0 aromatic heterocycles. The van der Waals surface area contributed by atoms with Gasteiger partial charge in [0.2, 0.25) is 0 Å². The Bertz CT molecular complexity index is 119. The first-order chi connectivity index (χ1) is 4.77. The molecule has 0 spiro atoms. The van der Waals surface area contributed by atoms with Gasteiger partial charge in [-0.3, -0.25) is 0 Å². The topological polar surface area (TPSA) is 40.5 Å². The van der Waals surface area contributed by atoms with Crippen molar-refractivity contribution in [2.75, 3.05) is 6.61 Å². The van der Waals surface area contributed by atoms with Crippen LogP contribution in [-0.2, 0) is 0 Å². The third kappa shape index (κ3) is 7.48. The van der Waals surface area contributed by atoms with Gasteiger partial charge in [-0.25, -0.2) is 0 Å². The molecule has 1 unspecified atom stereocenters. The van der Waals surface area contributed by atoms with Crippen LogP contribution in [0.25, 0.3) is 0 Å². The first-order valence-corrected chi connectivity index (χ1v) is 3.52. The molecular formula is C8H14O2. The van der Waals surface area contributed by atoms with Crippen molar-refractivity contribution in [3.05, 3.63) is 0 Å². The van der Waals surface area contributed by atoms with Crippen molar-refractivity contribution < 1.29 is 10.2 Å². The minimum Gasteiger partial charge on any atom is -0.396 e. The summed E-state index contributed by atoms with van der Waals surface area (Å²) in [4.78, 5) is 0. The van der Waals surface area contributed by atoms with E-state index in [4.69, 9.17) is 10.2 Å². The highest BCUT2D eigenvalue weighted by Gasteiger charge is 1.87. The van der Waals surface area contributed by atoms with E-state index in [2.05, 4.69) is 11.8 Å². The summed E-state index contributed by atoms with van der Waals surface area (Å²) in [6.45, 7) is 1.91. The minimum atomic E-state index is -0.332. The van der Waals surface area contributed by atoms with Crippen LogP contribution in [0.2, 0.25) is 0 Å². The molecule has 0 aliphatic rings. The Balaban J connectivity index is 3.14. The first-order valence-electron chi connectivity index (χ1n) is 3.52. The van der Waals surface area contributed by atoms with E-state index in [0.29, 0.717) is 6.42 Å². The molecule has 58 valence electrons. The molecule has 1 atom stereocenters. The molecule has 0 saturated heterocycles. The van der Waals surface area contributed by atoms with Gasteiger partial charge in [0.15, 0.2) is 0 Å². The number of unbranched alkanes of at least 4 members (excludes halogenated alkanes) is 1. The summed E-state index contributed by atoms with van der Waals surface area (Å²) in [6, 6.07) is 0. The Kier molecular flexibility index (Phi) is 6.25. The number of hydrogen-bond donors (Lipinski definition) is 2. The lowest BCUT2D eigenvalue weighted by Gasteiger charge is -1.92. The van der Waals surface area contributed by atoms with Gasteiger partial charge < -0.3 is 10.2 Å². The van der Waals surface area contributed by atoms with Crippen LogP contribution >= 0.6 is 0 Å². The fourth-order valence-electron chi connectivity index (χ4n) is 0.476. The van der Waals surface area contributed by atoms with Gasteiger partial charge in [0.05, 0.1) is 6.10 Å². The molecule has 0 bridgehead atoms. The van der Waals surface area contributed by atoms with Crippen molar-refractivity contribution >= 4 is 0 Å². The zero-order valence-electron chi connectivity index (χ0n) is 6.30. The molecule has 2 heteroatoms. The van der Waals surface area contributed by atoms with E-state index in [9.17, 15) is 0 Å². The van der Waals surface area contributed by atoms with Gasteiger partial charge >= 0.3 is 0 Å². The smallest absolute Gasteiger partial charge is 0.0621 e. The quantitative estimate of drug-likeness (QED) is 0.446. The Morgan fingerprint density at radius 1 is 1.40 bits per heavy atom. The van der Waals surface area contributed by atoms with Crippen molar-refractivity contribution in [2.45, 2.75) is 32.3 Å². The summed E-state index contributed by atoms with van der Waals surface area (Å²) in [5, 5.41) is 17.1. The van der Waals surface area contributed by atoms with Crippen molar-refractivity contribution in [3.8, 4) is 11.8 Å². The normalized spacial score (nSPS) is 11.9. The number of hydrogen-bond acceptors (Lipinski definition) is 2. The van der Waals surface area contributed by atoms with Crippen LogP contribution in [-0.4, -0.2) is 22.9 Å². The Labute approximate surface area is 61.9 Å². The van der Waals surface area contributed by atoms with Gasteiger partial charge in [0, 0.05) is 19.4 Å². The predicted molar refractivity (Wildman–Crippen MR) is 40.4 cm³/mol. The van der Waals surface area contributed by atoms with Crippen LogP contribution in [0.1, 0.15) is 26.2 Å². The fourth-order valence-corrected chi connectivity index (χ4v) is 0.476. The fraction of sp³-hybridized carbons (Fsp3) is 0.750. The second kappa shape index (κ2) is 6.60. The van der Waals surface area contributed by atoms with Gasteiger partial charge in [0.25, 0.3) is 0 Å². The van der Waals surface area contributed by atoms with Crippen LogP contribution in [0.15, 0.2) is 0 Å². The van der Waals surface area contributed by atoms with E-state index in [0.717, 1.165) is 12.8 Å². The van der Waals surface area contributed by atoms with E-state index < -0.39 is 0 Å². The van der Waals surface area contributed by atoms with Crippen LogP contribution in [0.3, 0.4) is 0 Å². The Morgan fingerprint density at radius 2 is 2.10 bits per heavy atom. The summed E-state index contributed by atoms with van der Waals surface area (Å²) in [7, 11) is 0. The van der Waals surface area contributed by atoms with E-state index in [1.54, 1.807) is 6.92 Å².